The lowest BCUT2D eigenvalue weighted by Gasteiger charge is -2.58. The number of rotatable bonds is 5. The van der Waals surface area contributed by atoms with Crippen LogP contribution in [0.4, 0.5) is 0 Å². The Kier molecular flexibility index (Phi) is 8.46. The van der Waals surface area contributed by atoms with E-state index in [4.69, 9.17) is 17.5 Å². The Balaban J connectivity index is 0.000000555. The Morgan fingerprint density at radius 3 is 2.30 bits per heavy atom. The fraction of sp³-hybridized carbons (Fsp3) is 0.926. The summed E-state index contributed by atoms with van der Waals surface area (Å²) in [6, 6.07) is 0. The molecule has 3 fully saturated rings. The smallest absolute Gasteiger partial charge is 0.393 e. The van der Waals surface area contributed by atoms with Gasteiger partial charge in [0.25, 0.3) is 0 Å². The van der Waals surface area contributed by atoms with Crippen LogP contribution < -0.4 is 0 Å². The minimum Gasteiger partial charge on any atom is -0.393 e. The number of aliphatic hydroxyl groups excluding tert-OH is 1. The highest BCUT2D eigenvalue weighted by Crippen LogP contribution is 2.67. The van der Waals surface area contributed by atoms with Crippen LogP contribution in [0.5, 0.6) is 0 Å². The van der Waals surface area contributed by atoms with Crippen molar-refractivity contribution >= 4 is 10.4 Å². The molecule has 0 aromatic carbocycles. The van der Waals surface area contributed by atoms with Crippen molar-refractivity contribution in [1.29, 1.82) is 0 Å². The van der Waals surface area contributed by atoms with Crippen LogP contribution in [0.1, 0.15) is 105 Å². The van der Waals surface area contributed by atoms with Crippen LogP contribution in [0, 0.1) is 46.3 Å². The molecule has 0 spiro atoms. The molecule has 0 aromatic rings. The minimum atomic E-state index is -4.67. The highest BCUT2D eigenvalue weighted by molar-refractivity contribution is 7.79. The molecule has 0 heterocycles. The highest BCUT2D eigenvalue weighted by atomic mass is 32.3. The van der Waals surface area contributed by atoms with Gasteiger partial charge >= 0.3 is 10.4 Å². The summed E-state index contributed by atoms with van der Waals surface area (Å²) >= 11 is 0. The summed E-state index contributed by atoms with van der Waals surface area (Å²) in [6.45, 7) is 12.6. The minimum absolute atomic E-state index is 0.0766. The molecule has 33 heavy (non-hydrogen) atoms. The average Bonchev–Trinajstić information content (AvgIpc) is 3.04. The van der Waals surface area contributed by atoms with Crippen LogP contribution in [-0.2, 0) is 10.4 Å². The van der Waals surface area contributed by atoms with E-state index >= 15 is 0 Å². The summed E-state index contributed by atoms with van der Waals surface area (Å²) in [7, 11) is -4.67. The van der Waals surface area contributed by atoms with Crippen molar-refractivity contribution in [3.63, 3.8) is 0 Å². The molecule has 0 aliphatic heterocycles. The maximum Gasteiger partial charge on any atom is 0.394 e. The lowest BCUT2D eigenvalue weighted by molar-refractivity contribution is -0.0573. The third kappa shape index (κ3) is 6.05. The molecule has 0 saturated heterocycles. The molecule has 4 aliphatic rings. The maximum atomic E-state index is 10.2. The van der Waals surface area contributed by atoms with Crippen molar-refractivity contribution in [2.45, 2.75) is 111 Å². The van der Waals surface area contributed by atoms with Gasteiger partial charge in [-0.3, -0.25) is 9.11 Å². The Morgan fingerprint density at radius 1 is 1.00 bits per heavy atom. The third-order valence-corrected chi connectivity index (χ3v) is 10.3. The van der Waals surface area contributed by atoms with Gasteiger partial charge in [-0.05, 0) is 97.7 Å². The van der Waals surface area contributed by atoms with Crippen LogP contribution in [-0.4, -0.2) is 28.7 Å². The standard InChI is InChI=1S/C27H46O.H2O4S/c1-18(2)7-6-8-19(3)23-11-12-24-22-10-9-20-17-21(28)13-15-26(20,4)25(22)14-16-27(23,24)5;1-5(2,3)4/h9,18-19,21-25,28H,6-8,10-17H2,1-5H3;(H2,1,2,3,4)/t19?,21-,22-,23+,24-,25-,26-,27+;/m0./s1. The number of hydrogen-bond acceptors (Lipinski definition) is 3. The number of aliphatic hydroxyl groups is 1. The second kappa shape index (κ2) is 10.3. The highest BCUT2D eigenvalue weighted by Gasteiger charge is 2.59. The molecule has 3 saturated carbocycles. The summed E-state index contributed by atoms with van der Waals surface area (Å²) < 4.78 is 31.6. The van der Waals surface area contributed by atoms with E-state index in [-0.39, 0.29) is 6.10 Å². The number of hydrogen-bond donors (Lipinski definition) is 3. The first-order valence-electron chi connectivity index (χ1n) is 13.3. The van der Waals surface area contributed by atoms with Crippen molar-refractivity contribution in [3.8, 4) is 0 Å². The SMILES string of the molecule is CC(C)CCCC(C)[C@H]1CC[C@H]2[C@@H]3CC=C4C[C@@H](O)CC[C@]4(C)[C@H]3CC[C@]12C.O=S(=O)(O)O. The third-order valence-electron chi connectivity index (χ3n) is 10.3. The van der Waals surface area contributed by atoms with Crippen molar-refractivity contribution in [1.82, 2.24) is 0 Å². The first kappa shape index (κ1) is 27.2. The van der Waals surface area contributed by atoms with E-state index in [9.17, 15) is 5.11 Å². The molecule has 8 atom stereocenters. The van der Waals surface area contributed by atoms with Gasteiger partial charge in [0.2, 0.25) is 0 Å². The monoisotopic (exact) mass is 484 g/mol. The summed E-state index contributed by atoms with van der Waals surface area (Å²) in [5, 5.41) is 10.2. The predicted molar refractivity (Wildman–Crippen MR) is 133 cm³/mol. The van der Waals surface area contributed by atoms with E-state index in [2.05, 4.69) is 40.7 Å². The molecule has 0 bridgehead atoms. The van der Waals surface area contributed by atoms with Gasteiger partial charge in [0.1, 0.15) is 0 Å². The summed E-state index contributed by atoms with van der Waals surface area (Å²) in [5.41, 5.74) is 2.60. The van der Waals surface area contributed by atoms with Crippen molar-refractivity contribution in [3.05, 3.63) is 11.6 Å². The fourth-order valence-corrected chi connectivity index (χ4v) is 8.67. The van der Waals surface area contributed by atoms with Crippen LogP contribution in [0.15, 0.2) is 11.6 Å². The second-order valence-electron chi connectivity index (χ2n) is 12.6. The molecule has 0 amide bonds. The number of fused-ring (bicyclic) bond motifs is 5. The molecular formula is C27H48O5S. The Labute approximate surface area is 202 Å². The molecular weight excluding hydrogens is 436 g/mol. The predicted octanol–water partition coefficient (Wildman–Crippen LogP) is 6.74. The Morgan fingerprint density at radius 2 is 1.67 bits per heavy atom. The maximum absolute atomic E-state index is 10.2. The Hall–Kier alpha value is -0.430. The molecule has 1 unspecified atom stereocenters. The van der Waals surface area contributed by atoms with Gasteiger partial charge in [0, 0.05) is 0 Å². The zero-order valence-corrected chi connectivity index (χ0v) is 22.3. The van der Waals surface area contributed by atoms with Crippen molar-refractivity contribution in [2.24, 2.45) is 46.3 Å². The largest absolute Gasteiger partial charge is 0.394 e. The quantitative estimate of drug-likeness (QED) is 0.297. The molecule has 6 heteroatoms. The topological polar surface area (TPSA) is 94.8 Å². The van der Waals surface area contributed by atoms with Crippen molar-refractivity contribution in [2.75, 3.05) is 0 Å². The Bertz CT molecular complexity index is 797. The summed E-state index contributed by atoms with van der Waals surface area (Å²) in [4.78, 5) is 0. The zero-order valence-electron chi connectivity index (χ0n) is 21.5. The molecule has 4 rings (SSSR count). The van der Waals surface area contributed by atoms with Gasteiger partial charge in [-0.2, -0.15) is 8.42 Å². The van der Waals surface area contributed by atoms with Crippen LogP contribution in [0.3, 0.4) is 0 Å². The van der Waals surface area contributed by atoms with E-state index in [0.29, 0.717) is 10.8 Å². The van der Waals surface area contributed by atoms with Gasteiger partial charge in [-0.15, -0.1) is 0 Å². The first-order valence-corrected chi connectivity index (χ1v) is 14.7. The molecule has 5 nitrogen and oxygen atoms in total. The summed E-state index contributed by atoms with van der Waals surface area (Å²) in [6.07, 6.45) is 17.2. The molecule has 3 N–H and O–H groups in total. The van der Waals surface area contributed by atoms with Gasteiger partial charge < -0.3 is 5.11 Å². The molecule has 4 aliphatic carbocycles. The molecule has 192 valence electrons. The van der Waals surface area contributed by atoms with Crippen molar-refractivity contribution < 1.29 is 22.6 Å². The lowest BCUT2D eigenvalue weighted by atomic mass is 9.47. The zero-order chi connectivity index (χ0) is 24.6. The average molecular weight is 485 g/mol. The van der Waals surface area contributed by atoms with Gasteiger partial charge in [-0.25, -0.2) is 0 Å². The van der Waals surface area contributed by atoms with Gasteiger partial charge in [0.05, 0.1) is 6.10 Å². The van der Waals surface area contributed by atoms with Crippen LogP contribution in [0.25, 0.3) is 0 Å². The van der Waals surface area contributed by atoms with Gasteiger partial charge in [0.15, 0.2) is 0 Å². The van der Waals surface area contributed by atoms with E-state index in [1.807, 2.05) is 0 Å². The lowest BCUT2D eigenvalue weighted by Crippen LogP contribution is -2.50. The van der Waals surface area contributed by atoms with Gasteiger partial charge in [-0.1, -0.05) is 65.5 Å². The van der Waals surface area contributed by atoms with E-state index in [1.54, 1.807) is 5.57 Å². The van der Waals surface area contributed by atoms with Crippen LogP contribution in [0.2, 0.25) is 0 Å². The van der Waals surface area contributed by atoms with E-state index in [0.717, 1.165) is 48.3 Å². The number of allylic oxidation sites excluding steroid dienone is 1. The summed E-state index contributed by atoms with van der Waals surface area (Å²) in [5.74, 6) is 5.46. The second-order valence-corrected chi connectivity index (χ2v) is 13.5. The van der Waals surface area contributed by atoms with Crippen LogP contribution >= 0.6 is 0 Å². The first-order chi connectivity index (χ1) is 15.3. The fourth-order valence-electron chi connectivity index (χ4n) is 8.67. The normalized spacial score (nSPS) is 41.2. The molecule has 0 aromatic heterocycles. The molecule has 0 radical (unpaired) electrons. The van der Waals surface area contributed by atoms with E-state index < -0.39 is 10.4 Å². The van der Waals surface area contributed by atoms with E-state index in [1.165, 1.54) is 57.8 Å².